The van der Waals surface area contributed by atoms with Crippen molar-refractivity contribution in [2.75, 3.05) is 6.61 Å². The standard InChI is InChI=1S/C26H22BrNO4/c27-23-11-5-6-16-14-26(24(29)30,13-12-17(16)23)28-25(31)32-15-22-20-9-3-1-7-18(20)19-8-2-4-10-21(19)22/h1-11,22H,12-15H2,(H,28,31)(H,29,30). The van der Waals surface area contributed by atoms with Crippen LogP contribution in [-0.4, -0.2) is 29.3 Å². The van der Waals surface area contributed by atoms with Crippen molar-refractivity contribution in [3.8, 4) is 11.1 Å². The lowest BCUT2D eigenvalue weighted by molar-refractivity contribution is -0.145. The number of ether oxygens (including phenoxy) is 1. The van der Waals surface area contributed by atoms with E-state index in [4.69, 9.17) is 4.74 Å². The fourth-order valence-corrected chi connectivity index (χ4v) is 5.58. The molecule has 0 heterocycles. The smallest absolute Gasteiger partial charge is 0.408 e. The van der Waals surface area contributed by atoms with Gasteiger partial charge in [-0.05, 0) is 52.3 Å². The van der Waals surface area contributed by atoms with Crippen LogP contribution in [0.2, 0.25) is 0 Å². The first-order valence-corrected chi connectivity index (χ1v) is 11.4. The predicted octanol–water partition coefficient (Wildman–Crippen LogP) is 5.30. The maximum absolute atomic E-state index is 12.8. The largest absolute Gasteiger partial charge is 0.479 e. The molecule has 1 amide bonds. The number of aliphatic carboxylic acids is 1. The third kappa shape index (κ3) is 3.48. The summed E-state index contributed by atoms with van der Waals surface area (Å²) < 4.78 is 6.57. The number of carbonyl (C=O) groups is 2. The number of hydrogen-bond donors (Lipinski definition) is 2. The molecule has 0 fully saturated rings. The fraction of sp³-hybridized carbons (Fsp3) is 0.231. The monoisotopic (exact) mass is 491 g/mol. The summed E-state index contributed by atoms with van der Waals surface area (Å²) in [6, 6.07) is 22.0. The normalized spacial score (nSPS) is 18.9. The summed E-state index contributed by atoms with van der Waals surface area (Å²) in [4.78, 5) is 25.0. The van der Waals surface area contributed by atoms with E-state index in [-0.39, 0.29) is 18.9 Å². The van der Waals surface area contributed by atoms with E-state index in [1.807, 2.05) is 42.5 Å². The van der Waals surface area contributed by atoms with Crippen molar-refractivity contribution in [1.82, 2.24) is 5.32 Å². The molecule has 3 aromatic rings. The van der Waals surface area contributed by atoms with Crippen molar-refractivity contribution >= 4 is 28.0 Å². The highest BCUT2D eigenvalue weighted by molar-refractivity contribution is 9.10. The Morgan fingerprint density at radius 3 is 2.31 bits per heavy atom. The molecule has 0 aromatic heterocycles. The van der Waals surface area contributed by atoms with Gasteiger partial charge in [0.15, 0.2) is 0 Å². The van der Waals surface area contributed by atoms with Gasteiger partial charge in [-0.15, -0.1) is 0 Å². The quantitative estimate of drug-likeness (QED) is 0.519. The summed E-state index contributed by atoms with van der Waals surface area (Å²) in [5.41, 5.74) is 5.17. The number of rotatable bonds is 4. The minimum absolute atomic E-state index is 0.0723. The lowest BCUT2D eigenvalue weighted by Gasteiger charge is -2.35. The van der Waals surface area contributed by atoms with Crippen molar-refractivity contribution in [3.63, 3.8) is 0 Å². The molecule has 0 spiro atoms. The first kappa shape index (κ1) is 20.8. The Morgan fingerprint density at radius 1 is 1.00 bits per heavy atom. The summed E-state index contributed by atoms with van der Waals surface area (Å²) in [6.45, 7) is 0.150. The minimum Gasteiger partial charge on any atom is -0.479 e. The van der Waals surface area contributed by atoms with Crippen LogP contribution in [0, 0.1) is 0 Å². The molecule has 2 aliphatic carbocycles. The van der Waals surface area contributed by atoms with Crippen LogP contribution in [-0.2, 0) is 22.4 Å². The second-order valence-corrected chi connectivity index (χ2v) is 9.25. The molecule has 162 valence electrons. The Labute approximate surface area is 194 Å². The fourth-order valence-electron chi connectivity index (χ4n) is 4.97. The third-order valence-corrected chi connectivity index (χ3v) is 7.35. The molecule has 5 rings (SSSR count). The highest BCUT2D eigenvalue weighted by atomic mass is 79.9. The lowest BCUT2D eigenvalue weighted by Crippen LogP contribution is -2.58. The van der Waals surface area contributed by atoms with Crippen molar-refractivity contribution < 1.29 is 19.4 Å². The Hall–Kier alpha value is -3.12. The molecule has 0 saturated heterocycles. The topological polar surface area (TPSA) is 75.6 Å². The van der Waals surface area contributed by atoms with Crippen molar-refractivity contribution in [2.45, 2.75) is 30.7 Å². The zero-order valence-electron chi connectivity index (χ0n) is 17.3. The van der Waals surface area contributed by atoms with Gasteiger partial charge < -0.3 is 15.2 Å². The Kier molecular flexibility index (Phi) is 5.25. The van der Waals surface area contributed by atoms with Crippen molar-refractivity contribution in [3.05, 3.63) is 93.5 Å². The summed E-state index contributed by atoms with van der Waals surface area (Å²) in [5, 5.41) is 12.7. The summed E-state index contributed by atoms with van der Waals surface area (Å²) >= 11 is 3.54. The molecular weight excluding hydrogens is 470 g/mol. The van der Waals surface area contributed by atoms with Crippen LogP contribution in [0.1, 0.15) is 34.6 Å². The number of benzene rings is 3. The van der Waals surface area contributed by atoms with E-state index in [0.29, 0.717) is 12.8 Å². The first-order valence-electron chi connectivity index (χ1n) is 10.6. The van der Waals surface area contributed by atoms with Gasteiger partial charge in [0, 0.05) is 16.8 Å². The Balaban J connectivity index is 1.33. The van der Waals surface area contributed by atoms with E-state index in [2.05, 4.69) is 45.5 Å². The summed E-state index contributed by atoms with van der Waals surface area (Å²) in [7, 11) is 0. The number of halogens is 1. The maximum atomic E-state index is 12.8. The van der Waals surface area contributed by atoms with Crippen LogP contribution >= 0.6 is 15.9 Å². The van der Waals surface area contributed by atoms with Gasteiger partial charge in [-0.2, -0.15) is 0 Å². The lowest BCUT2D eigenvalue weighted by atomic mass is 9.78. The van der Waals surface area contributed by atoms with Gasteiger partial charge in [0.05, 0.1) is 0 Å². The summed E-state index contributed by atoms with van der Waals surface area (Å²) in [6.07, 6.45) is 0.392. The SMILES string of the molecule is O=C(NC1(C(=O)O)CCc2c(Br)cccc2C1)OCC1c2ccccc2-c2ccccc21. The van der Waals surface area contributed by atoms with E-state index in [1.54, 1.807) is 0 Å². The average Bonchev–Trinajstić information content (AvgIpc) is 3.11. The third-order valence-electron chi connectivity index (χ3n) is 6.60. The highest BCUT2D eigenvalue weighted by Crippen LogP contribution is 2.44. The number of amides is 1. The predicted molar refractivity (Wildman–Crippen MR) is 125 cm³/mol. The van der Waals surface area contributed by atoms with Crippen LogP contribution in [0.4, 0.5) is 4.79 Å². The van der Waals surface area contributed by atoms with Crippen LogP contribution in [0.25, 0.3) is 11.1 Å². The number of alkyl carbamates (subject to hydrolysis) is 1. The van der Waals surface area contributed by atoms with E-state index >= 15 is 0 Å². The number of fused-ring (bicyclic) bond motifs is 4. The molecule has 2 aliphatic rings. The van der Waals surface area contributed by atoms with Gasteiger partial charge in [0.1, 0.15) is 12.1 Å². The number of carboxylic acid groups (broad SMARTS) is 1. The van der Waals surface area contributed by atoms with Crippen molar-refractivity contribution in [2.24, 2.45) is 0 Å². The summed E-state index contributed by atoms with van der Waals surface area (Å²) in [5.74, 6) is -1.12. The van der Waals surface area contributed by atoms with E-state index < -0.39 is 17.6 Å². The Bertz CT molecular complexity index is 1180. The van der Waals surface area contributed by atoms with E-state index in [0.717, 1.165) is 37.9 Å². The van der Waals surface area contributed by atoms with E-state index in [1.165, 1.54) is 0 Å². The number of carbonyl (C=O) groups excluding carboxylic acids is 1. The molecule has 0 saturated carbocycles. The number of nitrogens with one attached hydrogen (secondary N) is 1. The zero-order valence-corrected chi connectivity index (χ0v) is 18.9. The second-order valence-electron chi connectivity index (χ2n) is 8.39. The molecule has 0 aliphatic heterocycles. The van der Waals surface area contributed by atoms with Gasteiger partial charge in [-0.3, -0.25) is 0 Å². The second kappa shape index (κ2) is 8.10. The molecular formula is C26H22BrNO4. The van der Waals surface area contributed by atoms with Gasteiger partial charge in [0.2, 0.25) is 0 Å². The molecule has 3 aromatic carbocycles. The number of carboxylic acids is 1. The van der Waals surface area contributed by atoms with E-state index in [9.17, 15) is 14.7 Å². The molecule has 32 heavy (non-hydrogen) atoms. The van der Waals surface area contributed by atoms with Gasteiger partial charge in [0.25, 0.3) is 0 Å². The molecule has 2 N–H and O–H groups in total. The average molecular weight is 492 g/mol. The highest BCUT2D eigenvalue weighted by Gasteiger charge is 2.44. The molecule has 0 bridgehead atoms. The molecule has 6 heteroatoms. The maximum Gasteiger partial charge on any atom is 0.408 e. The van der Waals surface area contributed by atoms with Crippen LogP contribution in [0.15, 0.2) is 71.2 Å². The molecule has 1 unspecified atom stereocenters. The molecule has 0 radical (unpaired) electrons. The number of hydrogen-bond acceptors (Lipinski definition) is 3. The van der Waals surface area contributed by atoms with Crippen LogP contribution in [0.3, 0.4) is 0 Å². The Morgan fingerprint density at radius 2 is 1.66 bits per heavy atom. The van der Waals surface area contributed by atoms with Gasteiger partial charge >= 0.3 is 12.1 Å². The van der Waals surface area contributed by atoms with Crippen molar-refractivity contribution in [1.29, 1.82) is 0 Å². The molecule has 5 nitrogen and oxygen atoms in total. The molecule has 1 atom stereocenters. The van der Waals surface area contributed by atoms with Gasteiger partial charge in [-0.1, -0.05) is 76.6 Å². The van der Waals surface area contributed by atoms with Crippen LogP contribution < -0.4 is 5.32 Å². The van der Waals surface area contributed by atoms with Crippen LogP contribution in [0.5, 0.6) is 0 Å². The zero-order chi connectivity index (χ0) is 22.3. The first-order chi connectivity index (χ1) is 15.5. The van der Waals surface area contributed by atoms with Gasteiger partial charge in [-0.25, -0.2) is 9.59 Å². The minimum atomic E-state index is -1.38.